The van der Waals surface area contributed by atoms with E-state index in [0.717, 1.165) is 50.7 Å². The van der Waals surface area contributed by atoms with Crippen LogP contribution in [0.1, 0.15) is 52.4 Å². The molecule has 150 valence electrons. The van der Waals surface area contributed by atoms with Gasteiger partial charge < -0.3 is 4.74 Å². The van der Waals surface area contributed by atoms with Gasteiger partial charge in [-0.05, 0) is 67.4 Å². The van der Waals surface area contributed by atoms with Crippen LogP contribution in [0.25, 0.3) is 0 Å². The number of alkyl halides is 3. The Morgan fingerprint density at radius 1 is 1.04 bits per heavy atom. The van der Waals surface area contributed by atoms with E-state index in [9.17, 15) is 21.6 Å². The van der Waals surface area contributed by atoms with Gasteiger partial charge in [0, 0.05) is 5.54 Å². The van der Waals surface area contributed by atoms with Crippen molar-refractivity contribution in [1.29, 1.82) is 0 Å². The third-order valence-corrected chi connectivity index (χ3v) is 7.96. The lowest BCUT2D eigenvalue weighted by atomic mass is 9.43. The Morgan fingerprint density at radius 2 is 1.63 bits per heavy atom. The molecule has 0 spiro atoms. The number of sulfonamides is 1. The minimum Gasteiger partial charge on any atom is -0.404 e. The molecule has 1 aromatic rings. The SMILES string of the molecule is CC12CC3CC(C)(C1)CC(NS(=O)(=O)c1ccccc1OC(F)(F)F)(C3)C2. The average molecular weight is 403 g/mol. The summed E-state index contributed by atoms with van der Waals surface area (Å²) in [5.41, 5.74) is -0.426. The number of hydrogen-bond acceptors (Lipinski definition) is 3. The van der Waals surface area contributed by atoms with E-state index in [2.05, 4.69) is 23.3 Å². The third-order valence-electron chi connectivity index (χ3n) is 6.34. The fourth-order valence-electron chi connectivity index (χ4n) is 6.78. The molecule has 0 saturated heterocycles. The highest BCUT2D eigenvalue weighted by Crippen LogP contribution is 2.66. The summed E-state index contributed by atoms with van der Waals surface area (Å²) >= 11 is 0. The molecular formula is C19H24F3NO3S. The molecular weight excluding hydrogens is 379 g/mol. The van der Waals surface area contributed by atoms with Crippen molar-refractivity contribution in [3.05, 3.63) is 24.3 Å². The minimum absolute atomic E-state index is 0.0820. The third kappa shape index (κ3) is 3.58. The van der Waals surface area contributed by atoms with E-state index < -0.39 is 32.6 Å². The van der Waals surface area contributed by atoms with Gasteiger partial charge in [0.1, 0.15) is 10.6 Å². The summed E-state index contributed by atoms with van der Waals surface area (Å²) in [6.45, 7) is 4.42. The van der Waals surface area contributed by atoms with E-state index in [1.807, 2.05) is 0 Å². The number of rotatable bonds is 4. The van der Waals surface area contributed by atoms with Gasteiger partial charge in [-0.2, -0.15) is 0 Å². The lowest BCUT2D eigenvalue weighted by Crippen LogP contribution is -2.65. The molecule has 2 atom stereocenters. The predicted octanol–water partition coefficient (Wildman–Crippen LogP) is 4.61. The number of hydrogen-bond donors (Lipinski definition) is 1. The van der Waals surface area contributed by atoms with Crippen LogP contribution < -0.4 is 9.46 Å². The zero-order valence-electron chi connectivity index (χ0n) is 15.4. The van der Waals surface area contributed by atoms with Gasteiger partial charge in [0.25, 0.3) is 0 Å². The fourth-order valence-corrected chi connectivity index (χ4v) is 8.32. The number of para-hydroxylation sites is 1. The molecule has 0 amide bonds. The molecule has 0 aliphatic heterocycles. The largest absolute Gasteiger partial charge is 0.573 e. The van der Waals surface area contributed by atoms with Gasteiger partial charge in [-0.25, -0.2) is 13.1 Å². The molecule has 27 heavy (non-hydrogen) atoms. The van der Waals surface area contributed by atoms with Crippen LogP contribution in [0.3, 0.4) is 0 Å². The second kappa shape index (κ2) is 5.63. The number of nitrogens with one attached hydrogen (secondary N) is 1. The van der Waals surface area contributed by atoms with Crippen LogP contribution in [0.15, 0.2) is 29.2 Å². The quantitative estimate of drug-likeness (QED) is 0.799. The van der Waals surface area contributed by atoms with Crippen molar-refractivity contribution in [2.45, 2.75) is 69.2 Å². The van der Waals surface area contributed by atoms with Crippen molar-refractivity contribution in [1.82, 2.24) is 4.72 Å². The highest BCUT2D eigenvalue weighted by molar-refractivity contribution is 7.89. The summed E-state index contributed by atoms with van der Waals surface area (Å²) in [5, 5.41) is 0. The van der Waals surface area contributed by atoms with Gasteiger partial charge in [0.05, 0.1) is 0 Å². The van der Waals surface area contributed by atoms with Crippen molar-refractivity contribution < 1.29 is 26.3 Å². The molecule has 4 saturated carbocycles. The summed E-state index contributed by atoms with van der Waals surface area (Å²) in [6, 6.07) is 4.92. The zero-order valence-corrected chi connectivity index (χ0v) is 16.2. The van der Waals surface area contributed by atoms with Crippen LogP contribution in [-0.4, -0.2) is 20.3 Å². The molecule has 2 unspecified atom stereocenters. The number of ether oxygens (including phenoxy) is 1. The van der Waals surface area contributed by atoms with Crippen molar-refractivity contribution in [2.75, 3.05) is 0 Å². The maximum absolute atomic E-state index is 13.1. The summed E-state index contributed by atoms with van der Waals surface area (Å²) in [7, 11) is -4.15. The van der Waals surface area contributed by atoms with Gasteiger partial charge in [0.2, 0.25) is 10.0 Å². The Hall–Kier alpha value is -1.28. The normalized spacial score (nSPS) is 38.2. The Kier molecular flexibility index (Phi) is 3.97. The van der Waals surface area contributed by atoms with Crippen molar-refractivity contribution in [3.63, 3.8) is 0 Å². The Labute approximate surface area is 157 Å². The van der Waals surface area contributed by atoms with Crippen LogP contribution in [-0.2, 0) is 10.0 Å². The lowest BCUT2D eigenvalue weighted by molar-refractivity contribution is -0.275. The fraction of sp³-hybridized carbons (Fsp3) is 0.684. The van der Waals surface area contributed by atoms with Gasteiger partial charge in [0.15, 0.2) is 0 Å². The van der Waals surface area contributed by atoms with Crippen LogP contribution >= 0.6 is 0 Å². The molecule has 8 heteroatoms. The first-order valence-electron chi connectivity index (χ1n) is 9.20. The highest BCUT2D eigenvalue weighted by atomic mass is 32.2. The molecule has 4 nitrogen and oxygen atoms in total. The second-order valence-corrected chi connectivity index (χ2v) is 11.2. The monoisotopic (exact) mass is 403 g/mol. The first-order chi connectivity index (χ1) is 12.3. The molecule has 4 aliphatic rings. The maximum atomic E-state index is 13.1. The summed E-state index contributed by atoms with van der Waals surface area (Å²) < 4.78 is 71.0. The summed E-state index contributed by atoms with van der Waals surface area (Å²) in [6.07, 6.45) is 0.529. The van der Waals surface area contributed by atoms with Gasteiger partial charge in [-0.1, -0.05) is 26.0 Å². The van der Waals surface area contributed by atoms with Crippen molar-refractivity contribution in [3.8, 4) is 5.75 Å². The van der Waals surface area contributed by atoms with Crippen LogP contribution in [0.5, 0.6) is 5.75 Å². The van der Waals surface area contributed by atoms with E-state index in [-0.39, 0.29) is 10.8 Å². The Bertz CT molecular complexity index is 849. The zero-order chi connectivity index (χ0) is 19.7. The molecule has 4 bridgehead atoms. The van der Waals surface area contributed by atoms with Crippen molar-refractivity contribution in [2.24, 2.45) is 16.7 Å². The smallest absolute Gasteiger partial charge is 0.404 e. The molecule has 1 aromatic carbocycles. The lowest BCUT2D eigenvalue weighted by Gasteiger charge is -2.65. The van der Waals surface area contributed by atoms with E-state index in [4.69, 9.17) is 0 Å². The summed E-state index contributed by atoms with van der Waals surface area (Å²) in [4.78, 5) is -0.464. The van der Waals surface area contributed by atoms with E-state index in [1.165, 1.54) is 12.1 Å². The Balaban J connectivity index is 1.67. The van der Waals surface area contributed by atoms with E-state index in [0.29, 0.717) is 5.92 Å². The number of benzene rings is 1. The first-order valence-corrected chi connectivity index (χ1v) is 10.7. The maximum Gasteiger partial charge on any atom is 0.573 e. The Morgan fingerprint density at radius 3 is 2.19 bits per heavy atom. The molecule has 4 fully saturated rings. The van der Waals surface area contributed by atoms with E-state index >= 15 is 0 Å². The molecule has 4 aliphatic carbocycles. The highest BCUT2D eigenvalue weighted by Gasteiger charge is 2.61. The van der Waals surface area contributed by atoms with Crippen molar-refractivity contribution >= 4 is 10.0 Å². The van der Waals surface area contributed by atoms with Gasteiger partial charge in [-0.15, -0.1) is 13.2 Å². The van der Waals surface area contributed by atoms with Gasteiger partial charge in [-0.3, -0.25) is 0 Å². The molecule has 0 heterocycles. The average Bonchev–Trinajstić information content (AvgIpc) is 2.40. The van der Waals surface area contributed by atoms with Gasteiger partial charge >= 0.3 is 6.36 Å². The molecule has 0 aromatic heterocycles. The summed E-state index contributed by atoms with van der Waals surface area (Å²) in [5.74, 6) is -0.236. The van der Waals surface area contributed by atoms with Crippen LogP contribution in [0.2, 0.25) is 0 Å². The number of halogens is 3. The second-order valence-electron chi connectivity index (χ2n) is 9.51. The van der Waals surface area contributed by atoms with Crippen LogP contribution in [0, 0.1) is 16.7 Å². The minimum atomic E-state index is -4.95. The van der Waals surface area contributed by atoms with Crippen LogP contribution in [0.4, 0.5) is 13.2 Å². The predicted molar refractivity (Wildman–Crippen MR) is 93.6 cm³/mol. The first kappa shape index (κ1) is 19.1. The molecule has 1 N–H and O–H groups in total. The van der Waals surface area contributed by atoms with E-state index in [1.54, 1.807) is 0 Å². The standard InChI is InChI=1S/C19H24F3NO3S/c1-16-7-13-8-17(2,10-16)12-18(9-13,11-16)23-27(24,25)15-6-4-3-5-14(15)26-19(20,21)22/h3-6,13,23H,7-12H2,1-2H3. The topological polar surface area (TPSA) is 55.4 Å². The molecule has 0 radical (unpaired) electrons. The molecule has 5 rings (SSSR count).